The topological polar surface area (TPSA) is 61.9 Å². The van der Waals surface area contributed by atoms with Crippen molar-refractivity contribution >= 4 is 29.1 Å². The molecule has 2 aromatic carbocycles. The molecule has 0 spiro atoms. The molecule has 1 aliphatic rings. The van der Waals surface area contributed by atoms with Crippen molar-refractivity contribution in [2.45, 2.75) is 19.4 Å². The summed E-state index contributed by atoms with van der Waals surface area (Å²) >= 11 is 5.83. The fourth-order valence-electron chi connectivity index (χ4n) is 3.36. The quantitative estimate of drug-likeness (QED) is 0.754. The minimum atomic E-state index is -0.220. The SMILES string of the molecule is CCN1C[C@H](CN(C)C(=O)CCNC(=O)c2ccc(Cl)cc2)Oc2ccccc21. The van der Waals surface area contributed by atoms with E-state index in [0.29, 0.717) is 17.1 Å². The fourth-order valence-corrected chi connectivity index (χ4v) is 3.48. The molecule has 1 atom stereocenters. The zero-order chi connectivity index (χ0) is 20.8. The molecule has 0 unspecified atom stereocenters. The number of rotatable bonds is 7. The molecular formula is C22H26ClN3O3. The maximum absolute atomic E-state index is 12.5. The molecule has 2 aromatic rings. The number of nitrogens with zero attached hydrogens (tertiary/aromatic N) is 2. The van der Waals surface area contributed by atoms with Crippen molar-refractivity contribution in [1.29, 1.82) is 0 Å². The molecule has 6 nitrogen and oxygen atoms in total. The van der Waals surface area contributed by atoms with Crippen molar-refractivity contribution in [2.75, 3.05) is 38.1 Å². The Hall–Kier alpha value is -2.73. The number of para-hydroxylation sites is 2. The summed E-state index contributed by atoms with van der Waals surface area (Å²) in [4.78, 5) is 28.5. The molecule has 1 aliphatic heterocycles. The van der Waals surface area contributed by atoms with Crippen molar-refractivity contribution in [3.05, 3.63) is 59.1 Å². The third-order valence-corrected chi connectivity index (χ3v) is 5.19. The number of carbonyl (C=O) groups is 2. The van der Waals surface area contributed by atoms with Crippen LogP contribution in [0, 0.1) is 0 Å². The van der Waals surface area contributed by atoms with Crippen molar-refractivity contribution in [2.24, 2.45) is 0 Å². The van der Waals surface area contributed by atoms with Crippen molar-refractivity contribution in [3.63, 3.8) is 0 Å². The number of carbonyl (C=O) groups excluding carboxylic acids is 2. The third kappa shape index (κ3) is 5.41. The molecule has 2 amide bonds. The first-order valence-electron chi connectivity index (χ1n) is 9.76. The van der Waals surface area contributed by atoms with Crippen LogP contribution in [0.4, 0.5) is 5.69 Å². The number of likely N-dealkylation sites (N-methyl/N-ethyl adjacent to an activating group) is 2. The predicted octanol–water partition coefficient (Wildman–Crippen LogP) is 3.21. The van der Waals surface area contributed by atoms with Crippen LogP contribution < -0.4 is 15.0 Å². The fraction of sp³-hybridized carbons (Fsp3) is 0.364. The summed E-state index contributed by atoms with van der Waals surface area (Å²) in [6.45, 7) is 4.50. The lowest BCUT2D eigenvalue weighted by atomic mass is 10.1. The van der Waals surface area contributed by atoms with Gasteiger partial charge in [-0.05, 0) is 43.3 Å². The van der Waals surface area contributed by atoms with Crippen molar-refractivity contribution in [3.8, 4) is 5.75 Å². The van der Waals surface area contributed by atoms with Gasteiger partial charge < -0.3 is 19.9 Å². The largest absolute Gasteiger partial charge is 0.485 e. The lowest BCUT2D eigenvalue weighted by Gasteiger charge is -2.37. The maximum Gasteiger partial charge on any atom is 0.251 e. The summed E-state index contributed by atoms with van der Waals surface area (Å²) in [6.07, 6.45) is 0.138. The van der Waals surface area contributed by atoms with E-state index in [4.69, 9.17) is 16.3 Å². The normalized spacial score (nSPS) is 15.3. The zero-order valence-corrected chi connectivity index (χ0v) is 17.5. The maximum atomic E-state index is 12.5. The average molecular weight is 416 g/mol. The number of halogens is 1. The second-order valence-corrected chi connectivity index (χ2v) is 7.47. The number of nitrogens with one attached hydrogen (secondary N) is 1. The van der Waals surface area contributed by atoms with Gasteiger partial charge in [0.05, 0.1) is 18.8 Å². The highest BCUT2D eigenvalue weighted by Crippen LogP contribution is 2.32. The monoisotopic (exact) mass is 415 g/mol. The van der Waals surface area contributed by atoms with Crippen LogP contribution in [0.15, 0.2) is 48.5 Å². The van der Waals surface area contributed by atoms with Crippen LogP contribution in [-0.4, -0.2) is 56.0 Å². The molecule has 154 valence electrons. The average Bonchev–Trinajstić information content (AvgIpc) is 2.73. The van der Waals surface area contributed by atoms with Gasteiger partial charge in [-0.2, -0.15) is 0 Å². The van der Waals surface area contributed by atoms with E-state index in [-0.39, 0.29) is 30.9 Å². The molecule has 0 aromatic heterocycles. The Morgan fingerprint density at radius 2 is 1.93 bits per heavy atom. The van der Waals surface area contributed by atoms with Gasteiger partial charge in [0, 0.05) is 37.1 Å². The second-order valence-electron chi connectivity index (χ2n) is 7.03. The Balaban J connectivity index is 1.47. The van der Waals surface area contributed by atoms with Gasteiger partial charge in [0.2, 0.25) is 5.91 Å². The van der Waals surface area contributed by atoms with E-state index in [9.17, 15) is 9.59 Å². The predicted molar refractivity (Wildman–Crippen MR) is 115 cm³/mol. The first kappa shape index (κ1) is 21.0. The highest BCUT2D eigenvalue weighted by molar-refractivity contribution is 6.30. The number of fused-ring (bicyclic) bond motifs is 1. The number of anilines is 1. The van der Waals surface area contributed by atoms with Crippen LogP contribution in [0.2, 0.25) is 5.02 Å². The lowest BCUT2D eigenvalue weighted by Crippen LogP contribution is -2.47. The van der Waals surface area contributed by atoms with Crippen LogP contribution in [0.5, 0.6) is 5.75 Å². The molecule has 0 fully saturated rings. The Morgan fingerprint density at radius 1 is 1.21 bits per heavy atom. The van der Waals surface area contributed by atoms with Crippen LogP contribution in [0.3, 0.4) is 0 Å². The molecule has 0 saturated heterocycles. The van der Waals surface area contributed by atoms with Gasteiger partial charge in [0.25, 0.3) is 5.91 Å². The summed E-state index contributed by atoms with van der Waals surface area (Å²) in [5, 5.41) is 3.34. The number of amides is 2. The molecule has 7 heteroatoms. The van der Waals surface area contributed by atoms with E-state index < -0.39 is 0 Å². The van der Waals surface area contributed by atoms with E-state index in [0.717, 1.165) is 24.5 Å². The summed E-state index contributed by atoms with van der Waals surface area (Å²) in [5.41, 5.74) is 1.61. The van der Waals surface area contributed by atoms with Gasteiger partial charge in [-0.1, -0.05) is 23.7 Å². The molecule has 3 rings (SSSR count). The van der Waals surface area contributed by atoms with Gasteiger partial charge in [0.15, 0.2) is 0 Å². The molecular weight excluding hydrogens is 390 g/mol. The minimum absolute atomic E-state index is 0.0353. The standard InChI is InChI=1S/C22H26ClN3O3/c1-3-26-15-18(29-20-7-5-4-6-19(20)26)14-25(2)21(27)12-13-24-22(28)16-8-10-17(23)11-9-16/h4-11,18H,3,12-15H2,1-2H3,(H,24,28)/t18-/m0/s1. The Labute approximate surface area is 176 Å². The summed E-state index contributed by atoms with van der Waals surface area (Å²) in [7, 11) is 1.77. The Bertz CT molecular complexity index is 857. The first-order valence-corrected chi connectivity index (χ1v) is 10.1. The van der Waals surface area contributed by atoms with Gasteiger partial charge in [-0.25, -0.2) is 0 Å². The number of ether oxygens (including phenoxy) is 1. The number of hydrogen-bond acceptors (Lipinski definition) is 4. The van der Waals surface area contributed by atoms with E-state index in [1.165, 1.54) is 0 Å². The Kier molecular flexibility index (Phi) is 6.99. The first-order chi connectivity index (χ1) is 14.0. The minimum Gasteiger partial charge on any atom is -0.485 e. The third-order valence-electron chi connectivity index (χ3n) is 4.94. The van der Waals surface area contributed by atoms with Gasteiger partial charge in [-0.15, -0.1) is 0 Å². The zero-order valence-electron chi connectivity index (χ0n) is 16.7. The van der Waals surface area contributed by atoms with E-state index >= 15 is 0 Å². The molecule has 0 bridgehead atoms. The van der Waals surface area contributed by atoms with E-state index in [2.05, 4.69) is 17.1 Å². The highest BCUT2D eigenvalue weighted by atomic mass is 35.5. The van der Waals surface area contributed by atoms with Crippen LogP contribution in [-0.2, 0) is 4.79 Å². The van der Waals surface area contributed by atoms with Crippen LogP contribution in [0.1, 0.15) is 23.7 Å². The van der Waals surface area contributed by atoms with Crippen molar-refractivity contribution < 1.29 is 14.3 Å². The number of hydrogen-bond donors (Lipinski definition) is 1. The second kappa shape index (κ2) is 9.65. The smallest absolute Gasteiger partial charge is 0.251 e. The molecule has 1 N–H and O–H groups in total. The van der Waals surface area contributed by atoms with Gasteiger partial charge in [0.1, 0.15) is 11.9 Å². The van der Waals surface area contributed by atoms with Gasteiger partial charge in [-0.3, -0.25) is 9.59 Å². The van der Waals surface area contributed by atoms with Crippen LogP contribution in [0.25, 0.3) is 0 Å². The summed E-state index contributed by atoms with van der Waals surface area (Å²) in [6, 6.07) is 14.6. The summed E-state index contributed by atoms with van der Waals surface area (Å²) < 4.78 is 6.08. The molecule has 0 radical (unpaired) electrons. The molecule has 1 heterocycles. The van der Waals surface area contributed by atoms with Gasteiger partial charge >= 0.3 is 0 Å². The molecule has 0 saturated carbocycles. The Morgan fingerprint density at radius 3 is 2.66 bits per heavy atom. The lowest BCUT2D eigenvalue weighted by molar-refractivity contribution is -0.130. The van der Waals surface area contributed by atoms with Crippen molar-refractivity contribution in [1.82, 2.24) is 10.2 Å². The van der Waals surface area contributed by atoms with E-state index in [1.807, 2.05) is 24.3 Å². The summed E-state index contributed by atoms with van der Waals surface area (Å²) in [5.74, 6) is 0.594. The highest BCUT2D eigenvalue weighted by Gasteiger charge is 2.26. The van der Waals surface area contributed by atoms with E-state index in [1.54, 1.807) is 36.2 Å². The van der Waals surface area contributed by atoms with Crippen LogP contribution >= 0.6 is 11.6 Å². The molecule has 0 aliphatic carbocycles. The number of benzene rings is 2. The molecule has 29 heavy (non-hydrogen) atoms.